The molecule has 2 aromatic heterocycles. The molecule has 33 heavy (non-hydrogen) atoms. The van der Waals surface area contributed by atoms with E-state index in [0.29, 0.717) is 29.2 Å². The first-order valence-electron chi connectivity index (χ1n) is 10.5. The third kappa shape index (κ3) is 4.42. The number of benzene rings is 1. The van der Waals surface area contributed by atoms with Gasteiger partial charge in [-0.1, -0.05) is 0 Å². The van der Waals surface area contributed by atoms with Gasteiger partial charge in [0.05, 0.1) is 6.20 Å². The highest BCUT2D eigenvalue weighted by Crippen LogP contribution is 2.39. The molecule has 1 aliphatic rings. The van der Waals surface area contributed by atoms with E-state index in [0.717, 1.165) is 0 Å². The topological polar surface area (TPSA) is 125 Å². The number of halogens is 3. The first-order valence-corrected chi connectivity index (χ1v) is 10.5. The highest BCUT2D eigenvalue weighted by atomic mass is 19.1. The van der Waals surface area contributed by atoms with Crippen LogP contribution in [0.5, 0.6) is 0 Å². The van der Waals surface area contributed by atoms with Crippen molar-refractivity contribution in [1.29, 1.82) is 0 Å². The second-order valence-electron chi connectivity index (χ2n) is 8.44. The van der Waals surface area contributed by atoms with Crippen molar-refractivity contribution in [2.75, 3.05) is 10.6 Å². The van der Waals surface area contributed by atoms with Crippen LogP contribution in [0.4, 0.5) is 30.8 Å². The standard InChI is InChI=1S/C21H23F3N6O3/c1-10(2)26-19-25-9-15-17(29-19)30(12-3-5-21(33,6-4-12)18(31)32)20(27-15)28-16-13(23)7-11(22)8-14(16)24/h7-10,12,33H,3-6H2,1-2H3,(H,27,28)(H,31,32)(H,25,26,29)/t12-,21-. The molecule has 3 aromatic rings. The highest BCUT2D eigenvalue weighted by molar-refractivity contribution is 5.78. The Hall–Kier alpha value is -3.41. The van der Waals surface area contributed by atoms with Gasteiger partial charge in [-0.15, -0.1) is 0 Å². The van der Waals surface area contributed by atoms with Crippen molar-refractivity contribution in [2.24, 2.45) is 0 Å². The minimum Gasteiger partial charge on any atom is -0.479 e. The molecule has 0 spiro atoms. The van der Waals surface area contributed by atoms with Crippen molar-refractivity contribution < 1.29 is 28.2 Å². The van der Waals surface area contributed by atoms with Crippen molar-refractivity contribution in [3.8, 4) is 0 Å². The third-order valence-electron chi connectivity index (χ3n) is 5.64. The van der Waals surface area contributed by atoms with Gasteiger partial charge in [0.2, 0.25) is 11.9 Å². The van der Waals surface area contributed by atoms with Gasteiger partial charge in [-0.05, 0) is 39.5 Å². The number of imidazole rings is 1. The minimum absolute atomic E-state index is 0.0203. The van der Waals surface area contributed by atoms with Crippen LogP contribution in [0.1, 0.15) is 45.6 Å². The average molecular weight is 464 g/mol. The highest BCUT2D eigenvalue weighted by Gasteiger charge is 2.41. The number of rotatable bonds is 6. The number of carboxylic acid groups (broad SMARTS) is 1. The summed E-state index contributed by atoms with van der Waals surface area (Å²) in [5.41, 5.74) is -1.72. The molecule has 1 aromatic carbocycles. The number of hydrogen-bond acceptors (Lipinski definition) is 7. The molecule has 0 amide bonds. The number of nitrogens with one attached hydrogen (secondary N) is 2. The molecule has 176 valence electrons. The van der Waals surface area contributed by atoms with Crippen LogP contribution in [0.3, 0.4) is 0 Å². The smallest absolute Gasteiger partial charge is 0.335 e. The molecule has 0 atom stereocenters. The molecule has 0 aliphatic heterocycles. The third-order valence-corrected chi connectivity index (χ3v) is 5.64. The summed E-state index contributed by atoms with van der Waals surface area (Å²) >= 11 is 0. The second-order valence-corrected chi connectivity index (χ2v) is 8.44. The van der Waals surface area contributed by atoms with Crippen LogP contribution < -0.4 is 10.6 Å². The van der Waals surface area contributed by atoms with E-state index in [-0.39, 0.29) is 43.7 Å². The Kier molecular flexibility index (Phi) is 5.87. The van der Waals surface area contributed by atoms with Crippen LogP contribution >= 0.6 is 0 Å². The number of fused-ring (bicyclic) bond motifs is 1. The Morgan fingerprint density at radius 1 is 1.18 bits per heavy atom. The van der Waals surface area contributed by atoms with E-state index < -0.39 is 34.7 Å². The Labute approximate surface area is 186 Å². The molecule has 0 unspecified atom stereocenters. The molecular formula is C21H23F3N6O3. The number of carboxylic acids is 1. The summed E-state index contributed by atoms with van der Waals surface area (Å²) in [5.74, 6) is -4.26. The van der Waals surface area contributed by atoms with Gasteiger partial charge >= 0.3 is 5.97 Å². The van der Waals surface area contributed by atoms with Crippen LogP contribution in [0.25, 0.3) is 11.2 Å². The van der Waals surface area contributed by atoms with Gasteiger partial charge in [0, 0.05) is 24.2 Å². The number of anilines is 3. The fraction of sp³-hybridized carbons (Fsp3) is 0.429. The molecule has 0 bridgehead atoms. The number of nitrogens with zero attached hydrogens (tertiary/aromatic N) is 4. The van der Waals surface area contributed by atoms with Crippen molar-refractivity contribution >= 4 is 34.7 Å². The first kappa shape index (κ1) is 22.8. The van der Waals surface area contributed by atoms with E-state index in [2.05, 4.69) is 25.6 Å². The van der Waals surface area contributed by atoms with Gasteiger partial charge in [-0.25, -0.2) is 27.9 Å². The SMILES string of the molecule is CC(C)Nc1ncc2nc(Nc3c(F)cc(F)cc3F)n([C@H]3CC[C@@](O)(C(=O)O)CC3)c2n1. The van der Waals surface area contributed by atoms with Crippen molar-refractivity contribution in [1.82, 2.24) is 19.5 Å². The lowest BCUT2D eigenvalue weighted by atomic mass is 9.82. The molecule has 12 heteroatoms. The zero-order valence-electron chi connectivity index (χ0n) is 17.9. The maximum Gasteiger partial charge on any atom is 0.335 e. The van der Waals surface area contributed by atoms with Gasteiger partial charge in [-0.2, -0.15) is 4.98 Å². The van der Waals surface area contributed by atoms with Gasteiger partial charge in [0.1, 0.15) is 17.0 Å². The lowest BCUT2D eigenvalue weighted by molar-refractivity contribution is -0.162. The van der Waals surface area contributed by atoms with Gasteiger partial charge in [0.15, 0.2) is 22.9 Å². The molecule has 9 nitrogen and oxygen atoms in total. The van der Waals surface area contributed by atoms with Crippen LogP contribution in [0, 0.1) is 17.5 Å². The largest absolute Gasteiger partial charge is 0.479 e. The lowest BCUT2D eigenvalue weighted by Gasteiger charge is -2.33. The molecular weight excluding hydrogens is 441 g/mol. The average Bonchev–Trinajstić information content (AvgIpc) is 3.08. The molecule has 0 saturated heterocycles. The monoisotopic (exact) mass is 464 g/mol. The Balaban J connectivity index is 1.79. The number of aromatic nitrogens is 4. The number of aliphatic hydroxyl groups is 1. The van der Waals surface area contributed by atoms with Crippen LogP contribution in [-0.2, 0) is 4.79 Å². The van der Waals surface area contributed by atoms with E-state index in [1.54, 1.807) is 4.57 Å². The summed E-state index contributed by atoms with van der Waals surface area (Å²) in [6.45, 7) is 3.82. The van der Waals surface area contributed by atoms with Crippen molar-refractivity contribution in [3.63, 3.8) is 0 Å². The van der Waals surface area contributed by atoms with Crippen LogP contribution in [0.2, 0.25) is 0 Å². The number of carbonyl (C=O) groups is 1. The molecule has 1 fully saturated rings. The summed E-state index contributed by atoms with van der Waals surface area (Å²) in [6, 6.07) is 0.775. The Morgan fingerprint density at radius 2 is 1.82 bits per heavy atom. The number of aliphatic carboxylic acids is 1. The summed E-state index contributed by atoms with van der Waals surface area (Å²) < 4.78 is 43.6. The maximum atomic E-state index is 14.3. The zero-order chi connectivity index (χ0) is 23.9. The normalized spacial score (nSPS) is 20.9. The maximum absolute atomic E-state index is 14.3. The summed E-state index contributed by atoms with van der Waals surface area (Å²) in [5, 5.41) is 25.3. The van der Waals surface area contributed by atoms with Gasteiger partial charge in [-0.3, -0.25) is 4.57 Å². The fourth-order valence-corrected chi connectivity index (χ4v) is 3.98. The summed E-state index contributed by atoms with van der Waals surface area (Å²) in [7, 11) is 0. The Morgan fingerprint density at radius 3 is 2.39 bits per heavy atom. The van der Waals surface area contributed by atoms with E-state index in [9.17, 15) is 28.2 Å². The predicted octanol–water partition coefficient (Wildman–Crippen LogP) is 3.74. The lowest BCUT2D eigenvalue weighted by Crippen LogP contribution is -2.42. The van der Waals surface area contributed by atoms with E-state index in [1.165, 1.54) is 6.20 Å². The second kappa shape index (κ2) is 8.50. The summed E-state index contributed by atoms with van der Waals surface area (Å²) in [4.78, 5) is 24.5. The van der Waals surface area contributed by atoms with Crippen LogP contribution in [0.15, 0.2) is 18.3 Å². The fourth-order valence-electron chi connectivity index (χ4n) is 3.98. The van der Waals surface area contributed by atoms with Crippen molar-refractivity contribution in [3.05, 3.63) is 35.8 Å². The number of hydrogen-bond donors (Lipinski definition) is 4. The van der Waals surface area contributed by atoms with E-state index in [4.69, 9.17) is 0 Å². The molecule has 4 rings (SSSR count). The van der Waals surface area contributed by atoms with E-state index >= 15 is 0 Å². The molecule has 1 saturated carbocycles. The molecule has 0 radical (unpaired) electrons. The quantitative estimate of drug-likeness (QED) is 0.435. The van der Waals surface area contributed by atoms with Crippen LogP contribution in [-0.4, -0.2) is 47.3 Å². The molecule has 4 N–H and O–H groups in total. The minimum atomic E-state index is -1.84. The first-order chi connectivity index (χ1) is 15.6. The molecule has 2 heterocycles. The summed E-state index contributed by atoms with van der Waals surface area (Å²) in [6.07, 6.45) is 1.94. The Bertz CT molecular complexity index is 1180. The predicted molar refractivity (Wildman–Crippen MR) is 114 cm³/mol. The van der Waals surface area contributed by atoms with Gasteiger partial charge in [0.25, 0.3) is 0 Å². The molecule has 1 aliphatic carbocycles. The zero-order valence-corrected chi connectivity index (χ0v) is 17.9. The van der Waals surface area contributed by atoms with Gasteiger partial charge < -0.3 is 20.8 Å². The van der Waals surface area contributed by atoms with E-state index in [1.807, 2.05) is 13.8 Å². The van der Waals surface area contributed by atoms with Crippen molar-refractivity contribution in [2.45, 2.75) is 57.2 Å².